The first-order valence-electron chi connectivity index (χ1n) is 10.1. The number of carbonyl (C=O) groups excluding carboxylic acids is 2. The molecule has 2 aromatic carbocycles. The lowest BCUT2D eigenvalue weighted by Gasteiger charge is -2.26. The summed E-state index contributed by atoms with van der Waals surface area (Å²) in [4.78, 5) is 31.5. The lowest BCUT2D eigenvalue weighted by Crippen LogP contribution is -2.44. The standard InChI is InChI=1S/C25H20N8O2/c1-28-20(16-26)24(18-11-7-5-8-12-18)32(3)30-22(34)15-23(35)31-33(4)25(21(17-27)29-2)19-13-9-6-10-14-19/h5-14H,15H2,3-4H3,(H,30,34)(H,31,35)/b24-20-,25-21+. The Morgan fingerprint density at radius 3 is 1.40 bits per heavy atom. The van der Waals surface area contributed by atoms with E-state index in [1.807, 2.05) is 12.1 Å². The quantitative estimate of drug-likeness (QED) is 0.268. The number of hydrazine groups is 2. The predicted molar refractivity (Wildman–Crippen MR) is 128 cm³/mol. The second kappa shape index (κ2) is 12.5. The highest BCUT2D eigenvalue weighted by Crippen LogP contribution is 2.22. The van der Waals surface area contributed by atoms with Crippen LogP contribution in [0.2, 0.25) is 0 Å². The van der Waals surface area contributed by atoms with Crippen molar-refractivity contribution in [3.05, 3.63) is 106 Å². The van der Waals surface area contributed by atoms with Crippen LogP contribution < -0.4 is 10.9 Å². The van der Waals surface area contributed by atoms with Crippen LogP contribution in [-0.4, -0.2) is 35.9 Å². The molecule has 2 aromatic rings. The molecular formula is C25H20N8O2. The molecule has 10 nitrogen and oxygen atoms in total. The average Bonchev–Trinajstić information content (AvgIpc) is 2.86. The summed E-state index contributed by atoms with van der Waals surface area (Å²) in [5.74, 6) is -1.41. The van der Waals surface area contributed by atoms with Gasteiger partial charge in [0.15, 0.2) is 0 Å². The van der Waals surface area contributed by atoms with E-state index in [2.05, 4.69) is 20.5 Å². The zero-order valence-electron chi connectivity index (χ0n) is 19.0. The van der Waals surface area contributed by atoms with E-state index in [1.165, 1.54) is 24.1 Å². The fraction of sp³-hybridized carbons (Fsp3) is 0.120. The van der Waals surface area contributed by atoms with Crippen molar-refractivity contribution < 1.29 is 9.59 Å². The van der Waals surface area contributed by atoms with E-state index < -0.39 is 18.2 Å². The Labute approximate surface area is 203 Å². The lowest BCUT2D eigenvalue weighted by molar-refractivity contribution is -0.132. The van der Waals surface area contributed by atoms with E-state index >= 15 is 0 Å². The van der Waals surface area contributed by atoms with Gasteiger partial charge in [0.1, 0.15) is 6.42 Å². The van der Waals surface area contributed by atoms with Crippen LogP contribution in [-0.2, 0) is 9.59 Å². The number of hydrogen-bond acceptors (Lipinski definition) is 6. The van der Waals surface area contributed by atoms with Crippen molar-refractivity contribution in [3.8, 4) is 12.1 Å². The van der Waals surface area contributed by atoms with Gasteiger partial charge in [-0.15, -0.1) is 0 Å². The van der Waals surface area contributed by atoms with Crippen LogP contribution in [0, 0.1) is 35.8 Å². The number of carbonyl (C=O) groups is 2. The summed E-state index contributed by atoms with van der Waals surface area (Å²) >= 11 is 0. The van der Waals surface area contributed by atoms with Gasteiger partial charge in [-0.3, -0.25) is 30.5 Å². The first-order valence-corrected chi connectivity index (χ1v) is 10.1. The summed E-state index contributed by atoms with van der Waals surface area (Å²) in [6, 6.07) is 20.8. The highest BCUT2D eigenvalue weighted by molar-refractivity contribution is 5.97. The molecule has 2 rings (SSSR count). The summed E-state index contributed by atoms with van der Waals surface area (Å²) in [6.07, 6.45) is -0.599. The molecule has 2 N–H and O–H groups in total. The van der Waals surface area contributed by atoms with E-state index in [4.69, 9.17) is 13.1 Å². The van der Waals surface area contributed by atoms with Gasteiger partial charge in [0.25, 0.3) is 11.4 Å². The highest BCUT2D eigenvalue weighted by atomic mass is 16.2. The molecule has 172 valence electrons. The SMILES string of the molecule is [C-]#[N+]/C(C#N)=C(/c1ccccc1)N(C)NC(=O)CC(=O)NN(C)/C(=C(\C#N)[N+]#[C-])c1ccccc1. The van der Waals surface area contributed by atoms with Crippen LogP contribution in [0.3, 0.4) is 0 Å². The van der Waals surface area contributed by atoms with Gasteiger partial charge in [-0.1, -0.05) is 60.7 Å². The first-order chi connectivity index (χ1) is 16.9. The Kier molecular flexibility index (Phi) is 9.14. The summed E-state index contributed by atoms with van der Waals surface area (Å²) in [7, 11) is 2.91. The second-order valence-electron chi connectivity index (χ2n) is 6.94. The minimum atomic E-state index is -0.704. The van der Waals surface area contributed by atoms with Crippen molar-refractivity contribution in [3.63, 3.8) is 0 Å². The minimum Gasteiger partial charge on any atom is -0.298 e. The molecule has 35 heavy (non-hydrogen) atoms. The average molecular weight is 464 g/mol. The Bertz CT molecular complexity index is 1180. The number of nitrogens with one attached hydrogen (secondary N) is 2. The number of rotatable bonds is 8. The fourth-order valence-electron chi connectivity index (χ4n) is 3.14. The van der Waals surface area contributed by atoms with Gasteiger partial charge in [0.05, 0.1) is 36.7 Å². The Balaban J connectivity index is 2.17. The molecule has 0 unspecified atom stereocenters. The number of nitriles is 2. The first kappa shape index (κ1) is 25.7. The fourth-order valence-corrected chi connectivity index (χ4v) is 3.14. The molecule has 0 saturated carbocycles. The molecule has 0 heterocycles. The van der Waals surface area contributed by atoms with Crippen LogP contribution in [0.4, 0.5) is 0 Å². The van der Waals surface area contributed by atoms with Crippen molar-refractivity contribution in [2.24, 2.45) is 0 Å². The van der Waals surface area contributed by atoms with E-state index in [-0.39, 0.29) is 22.8 Å². The van der Waals surface area contributed by atoms with Gasteiger partial charge in [0, 0.05) is 14.1 Å². The van der Waals surface area contributed by atoms with Crippen molar-refractivity contribution >= 4 is 23.2 Å². The van der Waals surface area contributed by atoms with Crippen LogP contribution >= 0.6 is 0 Å². The summed E-state index contributed by atoms with van der Waals surface area (Å²) in [5, 5.41) is 21.1. The van der Waals surface area contributed by atoms with Gasteiger partial charge >= 0.3 is 0 Å². The molecule has 0 aliphatic heterocycles. The summed E-state index contributed by atoms with van der Waals surface area (Å²) in [6.45, 7) is 14.5. The molecule has 0 bridgehead atoms. The number of hydrogen-bond donors (Lipinski definition) is 2. The molecule has 0 saturated heterocycles. The zero-order chi connectivity index (χ0) is 25.8. The summed E-state index contributed by atoms with van der Waals surface area (Å²) < 4.78 is 0. The maximum absolute atomic E-state index is 12.5. The molecule has 0 aromatic heterocycles. The Hall–Kier alpha value is -5.58. The van der Waals surface area contributed by atoms with Crippen molar-refractivity contribution in [2.75, 3.05) is 14.1 Å². The van der Waals surface area contributed by atoms with Gasteiger partial charge in [0.2, 0.25) is 11.8 Å². The van der Waals surface area contributed by atoms with E-state index in [9.17, 15) is 20.1 Å². The van der Waals surface area contributed by atoms with E-state index in [0.717, 1.165) is 0 Å². The van der Waals surface area contributed by atoms with Crippen LogP contribution in [0.25, 0.3) is 21.1 Å². The molecule has 2 amide bonds. The summed E-state index contributed by atoms with van der Waals surface area (Å²) in [5.41, 5.74) is 5.94. The molecule has 10 heteroatoms. The Morgan fingerprint density at radius 2 is 1.11 bits per heavy atom. The van der Waals surface area contributed by atoms with Crippen LogP contribution in [0.5, 0.6) is 0 Å². The molecule has 0 atom stereocenters. The van der Waals surface area contributed by atoms with Crippen LogP contribution in [0.1, 0.15) is 17.5 Å². The monoisotopic (exact) mass is 464 g/mol. The van der Waals surface area contributed by atoms with Crippen molar-refractivity contribution in [1.82, 2.24) is 20.9 Å². The maximum Gasteiger partial charge on any atom is 0.287 e. The number of amides is 2. The van der Waals surface area contributed by atoms with Gasteiger partial charge in [-0.2, -0.15) is 0 Å². The minimum absolute atomic E-state index is 0.180. The van der Waals surface area contributed by atoms with Gasteiger partial charge in [-0.05, 0) is 11.1 Å². The third kappa shape index (κ3) is 6.70. The second-order valence-corrected chi connectivity index (χ2v) is 6.94. The van der Waals surface area contributed by atoms with Crippen molar-refractivity contribution in [2.45, 2.75) is 6.42 Å². The molecule has 0 radical (unpaired) electrons. The number of allylic oxidation sites excluding steroid dienone is 2. The van der Waals surface area contributed by atoms with Gasteiger partial charge < -0.3 is 0 Å². The number of benzene rings is 2. The smallest absolute Gasteiger partial charge is 0.287 e. The molecule has 0 fully saturated rings. The largest absolute Gasteiger partial charge is 0.298 e. The molecule has 0 aliphatic carbocycles. The Morgan fingerprint density at radius 1 is 0.771 bits per heavy atom. The third-order valence-electron chi connectivity index (χ3n) is 4.56. The predicted octanol–water partition coefficient (Wildman–Crippen LogP) is 2.93. The molecule has 0 aliphatic rings. The van der Waals surface area contributed by atoms with Gasteiger partial charge in [-0.25, -0.2) is 20.2 Å². The lowest BCUT2D eigenvalue weighted by atomic mass is 10.1. The normalized spacial score (nSPS) is 11.1. The highest BCUT2D eigenvalue weighted by Gasteiger charge is 2.20. The van der Waals surface area contributed by atoms with Crippen LogP contribution in [0.15, 0.2) is 72.1 Å². The molecule has 0 spiro atoms. The zero-order valence-corrected chi connectivity index (χ0v) is 19.0. The molecular weight excluding hydrogens is 444 g/mol. The maximum atomic E-state index is 12.5. The van der Waals surface area contributed by atoms with E-state index in [0.29, 0.717) is 11.1 Å². The van der Waals surface area contributed by atoms with E-state index in [1.54, 1.807) is 60.7 Å². The number of nitrogens with zero attached hydrogens (tertiary/aromatic N) is 6. The third-order valence-corrected chi connectivity index (χ3v) is 4.56. The topological polar surface area (TPSA) is 121 Å². The van der Waals surface area contributed by atoms with Crippen molar-refractivity contribution in [1.29, 1.82) is 10.5 Å².